The highest BCUT2D eigenvalue weighted by Crippen LogP contribution is 2.59. The summed E-state index contributed by atoms with van der Waals surface area (Å²) in [6.07, 6.45) is -10.4. The average Bonchev–Trinajstić information content (AvgIpc) is 3.52. The van der Waals surface area contributed by atoms with Gasteiger partial charge in [-0.25, -0.2) is 0 Å². The zero-order valence-corrected chi connectivity index (χ0v) is 17.5. The molecule has 1 atom stereocenters. The van der Waals surface area contributed by atoms with Crippen LogP contribution in [0, 0.1) is 0 Å². The number of halogens is 6. The summed E-state index contributed by atoms with van der Waals surface area (Å²) in [4.78, 5) is 11.1. The molecule has 3 rings (SSSR count). The molecule has 0 aliphatic heterocycles. The summed E-state index contributed by atoms with van der Waals surface area (Å²) in [5.74, 6) is 0.140. The molecule has 4 nitrogen and oxygen atoms in total. The lowest BCUT2D eigenvalue weighted by molar-refractivity contribution is -0.240. The van der Waals surface area contributed by atoms with Crippen molar-refractivity contribution in [2.24, 2.45) is 0 Å². The van der Waals surface area contributed by atoms with Crippen LogP contribution in [-0.2, 0) is 21.6 Å². The molecule has 33 heavy (non-hydrogen) atoms. The Morgan fingerprint density at radius 3 is 2.09 bits per heavy atom. The van der Waals surface area contributed by atoms with E-state index in [2.05, 4.69) is 5.32 Å². The Hall–Kier alpha value is -2.75. The quantitative estimate of drug-likeness (QED) is 0.259. The molecule has 0 spiro atoms. The second-order valence-corrected chi connectivity index (χ2v) is 7.89. The van der Waals surface area contributed by atoms with Crippen molar-refractivity contribution in [1.29, 1.82) is 0 Å². The maximum Gasteiger partial charge on any atom is 0.414 e. The van der Waals surface area contributed by atoms with E-state index in [0.29, 0.717) is 5.56 Å². The second kappa shape index (κ2) is 9.62. The fourth-order valence-corrected chi connectivity index (χ4v) is 3.93. The third-order valence-electron chi connectivity index (χ3n) is 5.65. The van der Waals surface area contributed by atoms with E-state index in [4.69, 9.17) is 9.47 Å². The highest BCUT2D eigenvalue weighted by atomic mass is 19.4. The van der Waals surface area contributed by atoms with Gasteiger partial charge in [0.05, 0.1) is 6.61 Å². The molecule has 0 aromatic heterocycles. The lowest BCUT2D eigenvalue weighted by atomic mass is 9.80. The Morgan fingerprint density at radius 2 is 1.58 bits per heavy atom. The molecule has 1 saturated carbocycles. The van der Waals surface area contributed by atoms with Gasteiger partial charge in [-0.15, -0.1) is 0 Å². The summed E-state index contributed by atoms with van der Waals surface area (Å²) >= 11 is 0. The zero-order chi connectivity index (χ0) is 24.2. The Morgan fingerprint density at radius 1 is 0.939 bits per heavy atom. The summed E-state index contributed by atoms with van der Waals surface area (Å²) in [6.45, 7) is -0.344. The predicted molar refractivity (Wildman–Crippen MR) is 107 cm³/mol. The van der Waals surface area contributed by atoms with Crippen molar-refractivity contribution in [3.63, 3.8) is 0 Å². The Bertz CT molecular complexity index is 911. The minimum absolute atomic E-state index is 0.0166. The molecule has 0 radical (unpaired) electrons. The fourth-order valence-electron chi connectivity index (χ4n) is 3.93. The van der Waals surface area contributed by atoms with E-state index >= 15 is 0 Å². The number of ether oxygens (including phenoxy) is 2. The van der Waals surface area contributed by atoms with Gasteiger partial charge in [-0.3, -0.25) is 10.1 Å². The standard InChI is InChI=1S/C23H23F6NO3/c24-21(25,26)11-4-14-32-19-9-7-18(8-10-19)22(23(27,28)29,20(12-13-20)33-16-31)30-15-17-5-2-1-3-6-17/h1-3,5-10,16,30H,4,11-15H2. The fraction of sp³-hybridized carbons (Fsp3) is 0.435. The summed E-state index contributed by atoms with van der Waals surface area (Å²) in [6, 6.07) is 13.4. The Balaban J connectivity index is 1.88. The largest absolute Gasteiger partial charge is 0.494 e. The molecule has 1 aliphatic rings. The molecule has 2 aromatic rings. The van der Waals surface area contributed by atoms with Crippen LogP contribution in [0.1, 0.15) is 36.8 Å². The van der Waals surface area contributed by atoms with Crippen LogP contribution in [0.25, 0.3) is 0 Å². The van der Waals surface area contributed by atoms with Gasteiger partial charge >= 0.3 is 12.4 Å². The predicted octanol–water partition coefficient (Wildman–Crippen LogP) is 5.66. The van der Waals surface area contributed by atoms with Crippen LogP contribution in [0.2, 0.25) is 0 Å². The topological polar surface area (TPSA) is 47.6 Å². The van der Waals surface area contributed by atoms with Crippen LogP contribution < -0.4 is 10.1 Å². The summed E-state index contributed by atoms with van der Waals surface area (Å²) in [5, 5.41) is 2.61. The molecular weight excluding hydrogens is 452 g/mol. The molecule has 0 amide bonds. The highest BCUT2D eigenvalue weighted by molar-refractivity contribution is 5.45. The normalized spacial score (nSPS) is 17.2. The van der Waals surface area contributed by atoms with Crippen molar-refractivity contribution in [2.75, 3.05) is 6.61 Å². The SMILES string of the molecule is O=COC1(C(NCc2ccccc2)(c2ccc(OCCCC(F)(F)F)cc2)C(F)(F)F)CC1. The van der Waals surface area contributed by atoms with Crippen LogP contribution in [0.4, 0.5) is 26.3 Å². The number of carbonyl (C=O) groups excluding carboxylic acids is 1. The number of hydrogen-bond acceptors (Lipinski definition) is 4. The molecule has 1 aliphatic carbocycles. The van der Waals surface area contributed by atoms with Crippen molar-refractivity contribution < 1.29 is 40.6 Å². The van der Waals surface area contributed by atoms with E-state index < -0.39 is 29.9 Å². The number of alkyl halides is 6. The molecule has 180 valence electrons. The van der Waals surface area contributed by atoms with E-state index in [-0.39, 0.29) is 50.2 Å². The van der Waals surface area contributed by atoms with Crippen molar-refractivity contribution in [1.82, 2.24) is 5.32 Å². The first-order valence-corrected chi connectivity index (χ1v) is 10.3. The number of carbonyl (C=O) groups is 1. The molecule has 0 bridgehead atoms. The van der Waals surface area contributed by atoms with Crippen LogP contribution in [0.3, 0.4) is 0 Å². The lowest BCUT2D eigenvalue weighted by Crippen LogP contribution is -2.63. The van der Waals surface area contributed by atoms with Gasteiger partial charge in [0.15, 0.2) is 5.54 Å². The molecule has 1 N–H and O–H groups in total. The van der Waals surface area contributed by atoms with Gasteiger partial charge in [-0.1, -0.05) is 42.5 Å². The van der Waals surface area contributed by atoms with Gasteiger partial charge in [0.1, 0.15) is 11.4 Å². The monoisotopic (exact) mass is 475 g/mol. The maximum absolute atomic E-state index is 14.7. The van der Waals surface area contributed by atoms with E-state index in [1.165, 1.54) is 24.3 Å². The van der Waals surface area contributed by atoms with E-state index in [1.54, 1.807) is 30.3 Å². The Labute approximate surface area is 186 Å². The van der Waals surface area contributed by atoms with Crippen molar-refractivity contribution in [2.45, 2.75) is 55.7 Å². The summed E-state index contributed by atoms with van der Waals surface area (Å²) in [5.41, 5.74) is -4.08. The molecule has 0 saturated heterocycles. The second-order valence-electron chi connectivity index (χ2n) is 7.89. The van der Waals surface area contributed by atoms with Gasteiger partial charge in [0, 0.05) is 13.0 Å². The van der Waals surface area contributed by atoms with Gasteiger partial charge in [0.25, 0.3) is 6.47 Å². The number of hydrogen-bond donors (Lipinski definition) is 1. The first kappa shape index (κ1) is 24.9. The van der Waals surface area contributed by atoms with Crippen molar-refractivity contribution >= 4 is 6.47 Å². The number of nitrogens with one attached hydrogen (secondary N) is 1. The minimum atomic E-state index is -4.84. The molecule has 1 unspecified atom stereocenters. The third kappa shape index (κ3) is 5.61. The Kier molecular flexibility index (Phi) is 7.26. The molecular formula is C23H23F6NO3. The third-order valence-corrected chi connectivity index (χ3v) is 5.65. The highest BCUT2D eigenvalue weighted by Gasteiger charge is 2.74. The van der Waals surface area contributed by atoms with Crippen LogP contribution in [-0.4, -0.2) is 31.0 Å². The van der Waals surface area contributed by atoms with Crippen molar-refractivity contribution in [3.8, 4) is 5.75 Å². The molecule has 1 fully saturated rings. The smallest absolute Gasteiger partial charge is 0.414 e. The van der Waals surface area contributed by atoms with E-state index in [1.807, 2.05) is 0 Å². The minimum Gasteiger partial charge on any atom is -0.494 e. The van der Waals surface area contributed by atoms with Gasteiger partial charge < -0.3 is 9.47 Å². The number of benzene rings is 2. The summed E-state index contributed by atoms with van der Waals surface area (Å²) in [7, 11) is 0. The van der Waals surface area contributed by atoms with Gasteiger partial charge in [-0.2, -0.15) is 26.3 Å². The molecule has 10 heteroatoms. The van der Waals surface area contributed by atoms with Gasteiger partial charge in [-0.05, 0) is 42.5 Å². The van der Waals surface area contributed by atoms with Crippen LogP contribution in [0.15, 0.2) is 54.6 Å². The number of rotatable bonds is 11. The molecule has 0 heterocycles. The van der Waals surface area contributed by atoms with E-state index in [9.17, 15) is 31.1 Å². The van der Waals surface area contributed by atoms with E-state index in [0.717, 1.165) is 0 Å². The van der Waals surface area contributed by atoms with Crippen LogP contribution >= 0.6 is 0 Å². The average molecular weight is 475 g/mol. The maximum atomic E-state index is 14.7. The zero-order valence-electron chi connectivity index (χ0n) is 17.5. The lowest BCUT2D eigenvalue weighted by Gasteiger charge is -2.42. The first-order valence-electron chi connectivity index (χ1n) is 10.3. The summed E-state index contributed by atoms with van der Waals surface area (Å²) < 4.78 is 91.1. The first-order chi connectivity index (χ1) is 15.5. The van der Waals surface area contributed by atoms with Gasteiger partial charge in [0.2, 0.25) is 0 Å². The molecule has 2 aromatic carbocycles. The van der Waals surface area contributed by atoms with Crippen molar-refractivity contribution in [3.05, 3.63) is 65.7 Å². The van der Waals surface area contributed by atoms with Crippen LogP contribution in [0.5, 0.6) is 5.75 Å².